The van der Waals surface area contributed by atoms with Gasteiger partial charge in [-0.2, -0.15) is 0 Å². The maximum atomic E-state index is 6.10. The molecule has 1 unspecified atom stereocenters. The van der Waals surface area contributed by atoms with Crippen LogP contribution in [0.25, 0.3) is 10.9 Å². The topological polar surface area (TPSA) is 50.9 Å². The number of aryl methyl sites for hydroxylation is 1. The van der Waals surface area contributed by atoms with E-state index in [2.05, 4.69) is 22.5 Å². The van der Waals surface area contributed by atoms with E-state index < -0.39 is 0 Å². The fourth-order valence-corrected chi connectivity index (χ4v) is 2.83. The standard InChI is InChI=1S/C17H16ClN3/c1-11-9-15(14-7-2-3-8-16(14)20-11)17(21-19)12-5-4-6-13(18)10-12/h2-10,17,21H,19H2,1H3. The summed E-state index contributed by atoms with van der Waals surface area (Å²) in [4.78, 5) is 4.57. The first-order chi connectivity index (χ1) is 10.2. The monoisotopic (exact) mass is 297 g/mol. The Bertz CT molecular complexity index is 786. The minimum absolute atomic E-state index is 0.129. The van der Waals surface area contributed by atoms with Gasteiger partial charge in [-0.25, -0.2) is 5.43 Å². The van der Waals surface area contributed by atoms with Crippen LogP contribution < -0.4 is 11.3 Å². The van der Waals surface area contributed by atoms with E-state index in [-0.39, 0.29) is 6.04 Å². The Kier molecular flexibility index (Phi) is 3.88. The fourth-order valence-electron chi connectivity index (χ4n) is 2.63. The molecule has 0 bridgehead atoms. The molecule has 1 aromatic heterocycles. The van der Waals surface area contributed by atoms with Crippen LogP contribution >= 0.6 is 11.6 Å². The molecule has 2 aromatic carbocycles. The number of nitrogens with zero attached hydrogens (tertiary/aromatic N) is 1. The van der Waals surface area contributed by atoms with E-state index >= 15 is 0 Å². The molecule has 0 aliphatic carbocycles. The van der Waals surface area contributed by atoms with Gasteiger partial charge in [-0.15, -0.1) is 0 Å². The number of aromatic nitrogens is 1. The first-order valence-corrected chi connectivity index (χ1v) is 7.14. The number of fused-ring (bicyclic) bond motifs is 1. The van der Waals surface area contributed by atoms with Gasteiger partial charge in [-0.05, 0) is 42.3 Å². The molecule has 0 radical (unpaired) electrons. The zero-order chi connectivity index (χ0) is 14.8. The van der Waals surface area contributed by atoms with Crippen LogP contribution in [0.15, 0.2) is 54.6 Å². The number of benzene rings is 2. The van der Waals surface area contributed by atoms with Crippen LogP contribution in [-0.2, 0) is 0 Å². The number of nitrogens with one attached hydrogen (secondary N) is 1. The molecule has 3 rings (SSSR count). The third-order valence-electron chi connectivity index (χ3n) is 3.54. The highest BCUT2D eigenvalue weighted by Crippen LogP contribution is 2.29. The highest BCUT2D eigenvalue weighted by atomic mass is 35.5. The second kappa shape index (κ2) is 5.82. The van der Waals surface area contributed by atoms with E-state index in [1.165, 1.54) is 0 Å². The summed E-state index contributed by atoms with van der Waals surface area (Å²) in [6.07, 6.45) is 0. The van der Waals surface area contributed by atoms with Crippen molar-refractivity contribution < 1.29 is 0 Å². The van der Waals surface area contributed by atoms with Gasteiger partial charge in [-0.1, -0.05) is 41.9 Å². The van der Waals surface area contributed by atoms with Crippen LogP contribution in [0.3, 0.4) is 0 Å². The molecule has 106 valence electrons. The molecule has 3 N–H and O–H groups in total. The number of halogens is 1. The largest absolute Gasteiger partial charge is 0.271 e. The van der Waals surface area contributed by atoms with Gasteiger partial charge in [0.15, 0.2) is 0 Å². The minimum atomic E-state index is -0.129. The lowest BCUT2D eigenvalue weighted by Crippen LogP contribution is -2.29. The van der Waals surface area contributed by atoms with Crippen molar-refractivity contribution in [1.82, 2.24) is 10.4 Å². The van der Waals surface area contributed by atoms with Gasteiger partial charge < -0.3 is 0 Å². The molecule has 3 aromatic rings. The van der Waals surface area contributed by atoms with Crippen LogP contribution in [0, 0.1) is 6.92 Å². The number of hydrogen-bond acceptors (Lipinski definition) is 3. The first-order valence-electron chi connectivity index (χ1n) is 6.77. The molecular weight excluding hydrogens is 282 g/mol. The summed E-state index contributed by atoms with van der Waals surface area (Å²) >= 11 is 6.10. The zero-order valence-corrected chi connectivity index (χ0v) is 12.4. The van der Waals surface area contributed by atoms with E-state index in [0.717, 1.165) is 27.7 Å². The molecular formula is C17H16ClN3. The van der Waals surface area contributed by atoms with Crippen molar-refractivity contribution in [2.75, 3.05) is 0 Å². The Morgan fingerprint density at radius 1 is 1.10 bits per heavy atom. The molecule has 0 aliphatic heterocycles. The van der Waals surface area contributed by atoms with Gasteiger partial charge in [0, 0.05) is 16.1 Å². The van der Waals surface area contributed by atoms with Crippen LogP contribution in [0.5, 0.6) is 0 Å². The van der Waals surface area contributed by atoms with Crippen molar-refractivity contribution in [3.63, 3.8) is 0 Å². The Morgan fingerprint density at radius 3 is 2.67 bits per heavy atom. The van der Waals surface area contributed by atoms with Crippen molar-refractivity contribution in [1.29, 1.82) is 0 Å². The Labute approximate surface area is 128 Å². The molecule has 0 amide bonds. The smallest absolute Gasteiger partial charge is 0.0717 e. The van der Waals surface area contributed by atoms with E-state index in [1.54, 1.807) is 0 Å². The van der Waals surface area contributed by atoms with Gasteiger partial charge in [0.05, 0.1) is 11.6 Å². The van der Waals surface area contributed by atoms with E-state index in [9.17, 15) is 0 Å². The zero-order valence-electron chi connectivity index (χ0n) is 11.7. The maximum Gasteiger partial charge on any atom is 0.0717 e. The number of nitrogens with two attached hydrogens (primary N) is 1. The average molecular weight is 298 g/mol. The van der Waals surface area contributed by atoms with Crippen LogP contribution in [0.4, 0.5) is 0 Å². The molecule has 21 heavy (non-hydrogen) atoms. The van der Waals surface area contributed by atoms with Crippen molar-refractivity contribution in [2.45, 2.75) is 13.0 Å². The normalized spacial score (nSPS) is 12.5. The summed E-state index contributed by atoms with van der Waals surface area (Å²) in [5, 5.41) is 1.79. The predicted octanol–water partition coefficient (Wildman–Crippen LogP) is 3.75. The molecule has 1 heterocycles. The lowest BCUT2D eigenvalue weighted by atomic mass is 9.95. The number of hydrogen-bond donors (Lipinski definition) is 2. The number of rotatable bonds is 3. The molecule has 4 heteroatoms. The number of hydrazine groups is 1. The SMILES string of the molecule is Cc1cc(C(NN)c2cccc(Cl)c2)c2ccccc2n1. The minimum Gasteiger partial charge on any atom is -0.271 e. The van der Waals surface area contributed by atoms with Gasteiger partial charge >= 0.3 is 0 Å². The van der Waals surface area contributed by atoms with Crippen molar-refractivity contribution in [3.05, 3.63) is 76.4 Å². The van der Waals surface area contributed by atoms with Crippen molar-refractivity contribution in [2.24, 2.45) is 5.84 Å². The second-order valence-electron chi connectivity index (χ2n) is 5.02. The number of pyridine rings is 1. The molecule has 0 spiro atoms. The summed E-state index contributed by atoms with van der Waals surface area (Å²) in [6.45, 7) is 1.99. The molecule has 0 fully saturated rings. The summed E-state index contributed by atoms with van der Waals surface area (Å²) in [6, 6.07) is 17.7. The van der Waals surface area contributed by atoms with Crippen LogP contribution in [0.1, 0.15) is 22.9 Å². The fraction of sp³-hybridized carbons (Fsp3) is 0.118. The third-order valence-corrected chi connectivity index (χ3v) is 3.77. The predicted molar refractivity (Wildman–Crippen MR) is 87.1 cm³/mol. The van der Waals surface area contributed by atoms with E-state index in [4.69, 9.17) is 17.4 Å². The van der Waals surface area contributed by atoms with Crippen LogP contribution in [0.2, 0.25) is 5.02 Å². The Morgan fingerprint density at radius 2 is 1.90 bits per heavy atom. The van der Waals surface area contributed by atoms with Gasteiger partial charge in [-0.3, -0.25) is 10.8 Å². The number of para-hydroxylation sites is 1. The molecule has 0 saturated heterocycles. The van der Waals surface area contributed by atoms with E-state index in [1.807, 2.05) is 49.4 Å². The molecule has 3 nitrogen and oxygen atoms in total. The summed E-state index contributed by atoms with van der Waals surface area (Å²) < 4.78 is 0. The first kappa shape index (κ1) is 14.0. The second-order valence-corrected chi connectivity index (χ2v) is 5.46. The molecule has 0 aliphatic rings. The van der Waals surface area contributed by atoms with Gasteiger partial charge in [0.1, 0.15) is 0 Å². The summed E-state index contributed by atoms with van der Waals surface area (Å²) in [5.41, 5.74) is 6.95. The highest BCUT2D eigenvalue weighted by Gasteiger charge is 2.16. The Balaban J connectivity index is 2.21. The van der Waals surface area contributed by atoms with Crippen molar-refractivity contribution >= 4 is 22.5 Å². The maximum absolute atomic E-state index is 6.10. The van der Waals surface area contributed by atoms with E-state index in [0.29, 0.717) is 5.02 Å². The highest BCUT2D eigenvalue weighted by molar-refractivity contribution is 6.30. The van der Waals surface area contributed by atoms with Gasteiger partial charge in [0.2, 0.25) is 0 Å². The quantitative estimate of drug-likeness (QED) is 0.572. The third kappa shape index (κ3) is 2.76. The van der Waals surface area contributed by atoms with Crippen LogP contribution in [-0.4, -0.2) is 4.98 Å². The van der Waals surface area contributed by atoms with Gasteiger partial charge in [0.25, 0.3) is 0 Å². The average Bonchev–Trinajstić information content (AvgIpc) is 2.48. The lowest BCUT2D eigenvalue weighted by molar-refractivity contribution is 0.640. The summed E-state index contributed by atoms with van der Waals surface area (Å²) in [7, 11) is 0. The Hall–Kier alpha value is -1.94. The van der Waals surface area contributed by atoms with Crippen molar-refractivity contribution in [3.8, 4) is 0 Å². The lowest BCUT2D eigenvalue weighted by Gasteiger charge is -2.19. The molecule has 1 atom stereocenters. The summed E-state index contributed by atoms with van der Waals surface area (Å²) in [5.74, 6) is 5.81. The molecule has 0 saturated carbocycles.